The highest BCUT2D eigenvalue weighted by Gasteiger charge is 2.00. The molecule has 0 fully saturated rings. The van der Waals surface area contributed by atoms with Crippen LogP contribution in [0.3, 0.4) is 0 Å². The van der Waals surface area contributed by atoms with Gasteiger partial charge < -0.3 is 4.74 Å². The molecule has 112 valence electrons. The Morgan fingerprint density at radius 3 is 2.50 bits per heavy atom. The van der Waals surface area contributed by atoms with Gasteiger partial charge in [-0.2, -0.15) is 11.8 Å². The third kappa shape index (κ3) is 4.05. The monoisotopic (exact) mass is 372 g/mol. The third-order valence-electron chi connectivity index (χ3n) is 3.45. The van der Waals surface area contributed by atoms with E-state index in [-0.39, 0.29) is 0 Å². The molecule has 0 aliphatic carbocycles. The average Bonchev–Trinajstić information content (AvgIpc) is 2.56. The molecular weight excluding hydrogens is 356 g/mol. The van der Waals surface area contributed by atoms with E-state index in [1.165, 1.54) is 16.3 Å². The molecule has 0 spiro atoms. The summed E-state index contributed by atoms with van der Waals surface area (Å²) in [4.78, 5) is 0. The summed E-state index contributed by atoms with van der Waals surface area (Å²) in [6.45, 7) is 0.733. The minimum absolute atomic E-state index is 0.733. The molecule has 3 heteroatoms. The van der Waals surface area contributed by atoms with Crippen molar-refractivity contribution >= 4 is 38.5 Å². The molecule has 0 bridgehead atoms. The standard InChI is InChI=1S/C19H17BrOS/c20-17-8-10-18(11-9-17)21-12-13-22-14-16-6-3-5-15-4-1-2-7-19(15)16/h1-11H,12-14H2. The van der Waals surface area contributed by atoms with Crippen molar-refractivity contribution in [2.24, 2.45) is 0 Å². The number of fused-ring (bicyclic) bond motifs is 1. The van der Waals surface area contributed by atoms with Crippen LogP contribution in [0.15, 0.2) is 71.2 Å². The van der Waals surface area contributed by atoms with Gasteiger partial charge in [-0.3, -0.25) is 0 Å². The maximum absolute atomic E-state index is 5.74. The van der Waals surface area contributed by atoms with Crippen LogP contribution in [0.25, 0.3) is 10.8 Å². The van der Waals surface area contributed by atoms with Crippen molar-refractivity contribution < 1.29 is 4.74 Å². The Hall–Kier alpha value is -1.45. The molecular formula is C19H17BrOS. The normalized spacial score (nSPS) is 10.8. The van der Waals surface area contributed by atoms with Crippen LogP contribution in [-0.2, 0) is 5.75 Å². The van der Waals surface area contributed by atoms with Crippen LogP contribution in [0.5, 0.6) is 5.75 Å². The van der Waals surface area contributed by atoms with Crippen LogP contribution in [-0.4, -0.2) is 12.4 Å². The van der Waals surface area contributed by atoms with E-state index in [1.54, 1.807) is 0 Å². The van der Waals surface area contributed by atoms with Crippen molar-refractivity contribution in [3.8, 4) is 5.75 Å². The molecule has 0 aromatic heterocycles. The van der Waals surface area contributed by atoms with Crippen LogP contribution in [0.2, 0.25) is 0 Å². The first-order valence-electron chi connectivity index (χ1n) is 7.26. The van der Waals surface area contributed by atoms with Gasteiger partial charge in [-0.25, -0.2) is 0 Å². The van der Waals surface area contributed by atoms with Crippen LogP contribution in [0, 0.1) is 0 Å². The lowest BCUT2D eigenvalue weighted by Crippen LogP contribution is -2.00. The number of rotatable bonds is 6. The van der Waals surface area contributed by atoms with Crippen molar-refractivity contribution in [2.45, 2.75) is 5.75 Å². The lowest BCUT2D eigenvalue weighted by molar-refractivity contribution is 0.344. The fourth-order valence-electron chi connectivity index (χ4n) is 2.35. The van der Waals surface area contributed by atoms with E-state index in [1.807, 2.05) is 36.0 Å². The number of ether oxygens (including phenoxy) is 1. The van der Waals surface area contributed by atoms with E-state index in [4.69, 9.17) is 4.74 Å². The van der Waals surface area contributed by atoms with E-state index in [9.17, 15) is 0 Å². The summed E-state index contributed by atoms with van der Waals surface area (Å²) in [6, 6.07) is 23.0. The molecule has 0 amide bonds. The maximum Gasteiger partial charge on any atom is 0.119 e. The highest BCUT2D eigenvalue weighted by atomic mass is 79.9. The zero-order valence-corrected chi connectivity index (χ0v) is 14.6. The highest BCUT2D eigenvalue weighted by Crippen LogP contribution is 2.23. The van der Waals surface area contributed by atoms with Crippen LogP contribution in [0.1, 0.15) is 5.56 Å². The summed E-state index contributed by atoms with van der Waals surface area (Å²) in [7, 11) is 0. The molecule has 0 N–H and O–H groups in total. The van der Waals surface area contributed by atoms with Crippen molar-refractivity contribution in [1.29, 1.82) is 0 Å². The third-order valence-corrected chi connectivity index (χ3v) is 4.95. The molecule has 0 saturated heterocycles. The van der Waals surface area contributed by atoms with Crippen LogP contribution >= 0.6 is 27.7 Å². The van der Waals surface area contributed by atoms with Crippen molar-refractivity contribution in [1.82, 2.24) is 0 Å². The molecule has 0 saturated carbocycles. The molecule has 3 rings (SSSR count). The quantitative estimate of drug-likeness (QED) is 0.497. The number of thioether (sulfide) groups is 1. The second-order valence-corrected chi connectivity index (χ2v) is 7.01. The zero-order valence-electron chi connectivity index (χ0n) is 12.2. The SMILES string of the molecule is Brc1ccc(OCCSCc2cccc3ccccc23)cc1. The van der Waals surface area contributed by atoms with Gasteiger partial charge in [0.2, 0.25) is 0 Å². The van der Waals surface area contributed by atoms with Gasteiger partial charge in [0.05, 0.1) is 6.61 Å². The second-order valence-electron chi connectivity index (χ2n) is 4.99. The minimum atomic E-state index is 0.733. The Morgan fingerprint density at radius 2 is 1.64 bits per heavy atom. The summed E-state index contributed by atoms with van der Waals surface area (Å²) >= 11 is 5.33. The van der Waals surface area contributed by atoms with E-state index in [0.29, 0.717) is 0 Å². The first kappa shape index (κ1) is 15.4. The van der Waals surface area contributed by atoms with Gasteiger partial charge in [0.25, 0.3) is 0 Å². The molecule has 0 unspecified atom stereocenters. The van der Waals surface area contributed by atoms with Crippen LogP contribution < -0.4 is 4.74 Å². The summed E-state index contributed by atoms with van der Waals surface area (Å²) in [5.74, 6) is 2.93. The van der Waals surface area contributed by atoms with Gasteiger partial charge in [0.1, 0.15) is 5.75 Å². The molecule has 3 aromatic rings. The van der Waals surface area contributed by atoms with Gasteiger partial charge in [-0.05, 0) is 40.6 Å². The Morgan fingerprint density at radius 1 is 0.864 bits per heavy atom. The predicted molar refractivity (Wildman–Crippen MR) is 99.7 cm³/mol. The Bertz CT molecular complexity index is 735. The van der Waals surface area contributed by atoms with E-state index in [0.717, 1.165) is 28.3 Å². The summed E-state index contributed by atoms with van der Waals surface area (Å²) in [6.07, 6.45) is 0. The topological polar surface area (TPSA) is 9.23 Å². The van der Waals surface area contributed by atoms with Gasteiger partial charge >= 0.3 is 0 Å². The molecule has 0 atom stereocenters. The molecule has 0 aliphatic rings. The minimum Gasteiger partial charge on any atom is -0.493 e. The fourth-order valence-corrected chi connectivity index (χ4v) is 3.43. The van der Waals surface area contributed by atoms with Crippen molar-refractivity contribution in [3.05, 3.63) is 76.8 Å². The molecule has 3 aromatic carbocycles. The average molecular weight is 373 g/mol. The highest BCUT2D eigenvalue weighted by molar-refractivity contribution is 9.10. The van der Waals surface area contributed by atoms with Gasteiger partial charge in [0, 0.05) is 16.0 Å². The molecule has 1 nitrogen and oxygen atoms in total. The maximum atomic E-state index is 5.74. The summed E-state index contributed by atoms with van der Waals surface area (Å²) < 4.78 is 6.82. The van der Waals surface area contributed by atoms with Crippen molar-refractivity contribution in [2.75, 3.05) is 12.4 Å². The first-order valence-corrected chi connectivity index (χ1v) is 9.20. The van der Waals surface area contributed by atoms with E-state index >= 15 is 0 Å². The first-order chi connectivity index (χ1) is 10.8. The summed E-state index contributed by atoms with van der Waals surface area (Å²) in [5, 5.41) is 2.66. The molecule has 0 heterocycles. The van der Waals surface area contributed by atoms with E-state index in [2.05, 4.69) is 58.4 Å². The lowest BCUT2D eigenvalue weighted by atomic mass is 10.1. The Labute approximate surface area is 143 Å². The Balaban J connectivity index is 1.49. The fraction of sp³-hybridized carbons (Fsp3) is 0.158. The Kier molecular flexibility index (Phi) is 5.41. The van der Waals surface area contributed by atoms with Gasteiger partial charge in [-0.1, -0.05) is 58.4 Å². The van der Waals surface area contributed by atoms with Gasteiger partial charge in [-0.15, -0.1) is 0 Å². The zero-order chi connectivity index (χ0) is 15.2. The lowest BCUT2D eigenvalue weighted by Gasteiger charge is -2.08. The van der Waals surface area contributed by atoms with Crippen LogP contribution in [0.4, 0.5) is 0 Å². The summed E-state index contributed by atoms with van der Waals surface area (Å²) in [5.41, 5.74) is 1.40. The van der Waals surface area contributed by atoms with Crippen molar-refractivity contribution in [3.63, 3.8) is 0 Å². The smallest absolute Gasteiger partial charge is 0.119 e. The number of halogens is 1. The van der Waals surface area contributed by atoms with Gasteiger partial charge in [0.15, 0.2) is 0 Å². The second kappa shape index (κ2) is 7.70. The van der Waals surface area contributed by atoms with E-state index < -0.39 is 0 Å². The number of hydrogen-bond donors (Lipinski definition) is 0. The molecule has 0 radical (unpaired) electrons. The molecule has 0 aliphatic heterocycles. The number of hydrogen-bond acceptors (Lipinski definition) is 2. The predicted octanol–water partition coefficient (Wildman–Crippen LogP) is 5.91. The number of benzene rings is 3. The molecule has 22 heavy (non-hydrogen) atoms. The largest absolute Gasteiger partial charge is 0.493 e.